The third-order valence-electron chi connectivity index (χ3n) is 3.77. The lowest BCUT2D eigenvalue weighted by molar-refractivity contribution is -0.384. The molecule has 0 saturated heterocycles. The van der Waals surface area contributed by atoms with Gasteiger partial charge in [-0.25, -0.2) is 0 Å². The van der Waals surface area contributed by atoms with Gasteiger partial charge in [-0.3, -0.25) is 14.9 Å². The number of fused-ring (bicyclic) bond motifs is 1. The van der Waals surface area contributed by atoms with Crippen LogP contribution in [0.25, 0.3) is 6.08 Å². The average Bonchev–Trinajstić information content (AvgIpc) is 2.64. The molecule has 0 atom stereocenters. The van der Waals surface area contributed by atoms with E-state index in [4.69, 9.17) is 16.3 Å². The second-order valence-electron chi connectivity index (χ2n) is 5.66. The molecule has 0 unspecified atom stereocenters. The third-order valence-corrected chi connectivity index (χ3v) is 4.00. The second kappa shape index (κ2) is 7.84. The van der Waals surface area contributed by atoms with E-state index in [1.807, 2.05) is 12.1 Å². The smallest absolute Gasteiger partial charge is 0.269 e. The van der Waals surface area contributed by atoms with Gasteiger partial charge in [0.25, 0.3) is 5.69 Å². The summed E-state index contributed by atoms with van der Waals surface area (Å²) in [6.45, 7) is 0.663. The number of rotatable bonds is 5. The first kappa shape index (κ1) is 17.7. The fourth-order valence-corrected chi connectivity index (χ4v) is 2.61. The minimum absolute atomic E-state index is 0.0181. The van der Waals surface area contributed by atoms with Crippen LogP contribution in [0.3, 0.4) is 0 Å². The number of halogens is 1. The monoisotopic (exact) mass is 370 g/mol. The number of non-ortho nitro benzene ring substituents is 1. The van der Waals surface area contributed by atoms with E-state index in [1.54, 1.807) is 30.3 Å². The minimum Gasteiger partial charge on any atom is -0.488 e. The van der Waals surface area contributed by atoms with Crippen LogP contribution in [0, 0.1) is 10.1 Å². The number of nitro benzene ring substituents is 1. The second-order valence-corrected chi connectivity index (χ2v) is 6.10. The molecule has 6 nitrogen and oxygen atoms in total. The van der Waals surface area contributed by atoms with Crippen LogP contribution in [-0.4, -0.2) is 17.4 Å². The third kappa shape index (κ3) is 4.49. The van der Waals surface area contributed by atoms with Crippen LogP contribution >= 0.6 is 11.6 Å². The maximum Gasteiger partial charge on any atom is 0.269 e. The molecule has 1 aliphatic rings. The predicted molar refractivity (Wildman–Crippen MR) is 99.0 cm³/mol. The number of nitro groups is 1. The van der Waals surface area contributed by atoms with Crippen LogP contribution in [0.1, 0.15) is 11.1 Å². The Hall–Kier alpha value is -3.12. The van der Waals surface area contributed by atoms with Gasteiger partial charge in [0.2, 0.25) is 5.91 Å². The zero-order valence-electron chi connectivity index (χ0n) is 13.6. The molecule has 1 heterocycles. The summed E-state index contributed by atoms with van der Waals surface area (Å²) in [5.74, 6) is 0.496. The Morgan fingerprint density at radius 1 is 1.27 bits per heavy atom. The van der Waals surface area contributed by atoms with Crippen molar-refractivity contribution in [1.29, 1.82) is 0 Å². The molecular weight excluding hydrogens is 356 g/mol. The first-order valence-electron chi connectivity index (χ1n) is 7.83. The molecule has 0 saturated carbocycles. The highest BCUT2D eigenvalue weighted by Gasteiger charge is 2.10. The summed E-state index contributed by atoms with van der Waals surface area (Å²) >= 11 is 5.97. The van der Waals surface area contributed by atoms with E-state index in [9.17, 15) is 14.9 Å². The van der Waals surface area contributed by atoms with Gasteiger partial charge in [-0.2, -0.15) is 0 Å². The Balaban J connectivity index is 1.57. The summed E-state index contributed by atoms with van der Waals surface area (Å²) in [5.41, 5.74) is 2.52. The van der Waals surface area contributed by atoms with Crippen molar-refractivity contribution in [3.8, 4) is 5.75 Å². The van der Waals surface area contributed by atoms with Gasteiger partial charge in [-0.15, -0.1) is 0 Å². The van der Waals surface area contributed by atoms with E-state index in [2.05, 4.69) is 5.32 Å². The summed E-state index contributed by atoms with van der Waals surface area (Å²) in [6.07, 6.45) is 5.04. The number of nitrogens with zero attached hydrogens (tertiary/aromatic N) is 1. The maximum absolute atomic E-state index is 11.9. The van der Waals surface area contributed by atoms with E-state index in [-0.39, 0.29) is 18.1 Å². The lowest BCUT2D eigenvalue weighted by Crippen LogP contribution is -2.20. The van der Waals surface area contributed by atoms with Crippen LogP contribution in [0.2, 0.25) is 5.02 Å². The van der Waals surface area contributed by atoms with Gasteiger partial charge >= 0.3 is 0 Å². The van der Waals surface area contributed by atoms with Crippen LogP contribution in [0.4, 0.5) is 5.69 Å². The Labute approximate surface area is 154 Å². The first-order valence-corrected chi connectivity index (χ1v) is 8.21. The number of carbonyl (C=O) groups is 1. The molecule has 1 amide bonds. The fraction of sp³-hybridized carbons (Fsp3) is 0.105. The highest BCUT2D eigenvalue weighted by Crippen LogP contribution is 2.29. The van der Waals surface area contributed by atoms with Crippen molar-refractivity contribution < 1.29 is 14.5 Å². The number of hydrogen-bond donors (Lipinski definition) is 1. The average molecular weight is 371 g/mol. The molecule has 0 fully saturated rings. The van der Waals surface area contributed by atoms with Gasteiger partial charge in [-0.05, 0) is 35.4 Å². The molecule has 0 bridgehead atoms. The van der Waals surface area contributed by atoms with Crippen molar-refractivity contribution in [3.05, 3.63) is 86.5 Å². The number of amides is 1. The summed E-state index contributed by atoms with van der Waals surface area (Å²) in [6, 6.07) is 11.4. The lowest BCUT2D eigenvalue weighted by Gasteiger charge is -2.16. The zero-order valence-corrected chi connectivity index (χ0v) is 14.4. The summed E-state index contributed by atoms with van der Waals surface area (Å²) in [4.78, 5) is 22.1. The van der Waals surface area contributed by atoms with Crippen molar-refractivity contribution in [2.24, 2.45) is 0 Å². The fourth-order valence-electron chi connectivity index (χ4n) is 2.43. The largest absolute Gasteiger partial charge is 0.488 e. The molecule has 0 aromatic heterocycles. The molecule has 2 aromatic carbocycles. The van der Waals surface area contributed by atoms with Crippen molar-refractivity contribution >= 4 is 29.3 Å². The van der Waals surface area contributed by atoms with Gasteiger partial charge in [0.1, 0.15) is 12.4 Å². The molecule has 26 heavy (non-hydrogen) atoms. The van der Waals surface area contributed by atoms with Crippen molar-refractivity contribution in [2.75, 3.05) is 6.61 Å². The van der Waals surface area contributed by atoms with E-state index in [0.29, 0.717) is 11.6 Å². The minimum atomic E-state index is -0.462. The van der Waals surface area contributed by atoms with Crippen molar-refractivity contribution in [3.63, 3.8) is 0 Å². The molecule has 3 rings (SSSR count). The van der Waals surface area contributed by atoms with E-state index in [1.165, 1.54) is 18.2 Å². The van der Waals surface area contributed by atoms with Crippen molar-refractivity contribution in [2.45, 2.75) is 6.54 Å². The predicted octanol–water partition coefficient (Wildman–Crippen LogP) is 3.90. The maximum atomic E-state index is 11.9. The van der Waals surface area contributed by atoms with E-state index in [0.717, 1.165) is 22.4 Å². The summed E-state index contributed by atoms with van der Waals surface area (Å²) in [5, 5.41) is 14.0. The number of carbonyl (C=O) groups excluding carboxylic acids is 1. The molecule has 0 spiro atoms. The Morgan fingerprint density at radius 3 is 2.77 bits per heavy atom. The molecule has 132 valence electrons. The first-order chi connectivity index (χ1) is 12.5. The summed E-state index contributed by atoms with van der Waals surface area (Å²) < 4.78 is 5.62. The van der Waals surface area contributed by atoms with Gasteiger partial charge in [-0.1, -0.05) is 29.8 Å². The molecule has 0 radical (unpaired) electrons. The number of benzene rings is 2. The van der Waals surface area contributed by atoms with Gasteiger partial charge in [0, 0.05) is 35.3 Å². The topological polar surface area (TPSA) is 81.5 Å². The lowest BCUT2D eigenvalue weighted by atomic mass is 10.1. The molecule has 7 heteroatoms. The summed E-state index contributed by atoms with van der Waals surface area (Å²) in [7, 11) is 0. The van der Waals surface area contributed by atoms with Crippen LogP contribution in [0.5, 0.6) is 5.75 Å². The highest BCUT2D eigenvalue weighted by molar-refractivity contribution is 6.30. The van der Waals surface area contributed by atoms with Crippen LogP contribution in [-0.2, 0) is 11.3 Å². The van der Waals surface area contributed by atoms with Gasteiger partial charge < -0.3 is 10.1 Å². The zero-order chi connectivity index (χ0) is 18.5. The molecule has 0 aliphatic carbocycles. The number of hydrogen-bond acceptors (Lipinski definition) is 4. The van der Waals surface area contributed by atoms with Crippen LogP contribution < -0.4 is 10.1 Å². The SMILES string of the molecule is O=C(/C=C/C1=Cc2cc(Cl)ccc2OC1)NCc1ccc([N+](=O)[O-])cc1. The van der Waals surface area contributed by atoms with Gasteiger partial charge in [0.15, 0.2) is 0 Å². The van der Waals surface area contributed by atoms with Crippen LogP contribution in [0.15, 0.2) is 60.2 Å². The number of ether oxygens (including phenoxy) is 1. The standard InChI is InChI=1S/C19H15ClN2O4/c20-16-4-7-18-15(10-16)9-14(12-26-18)3-8-19(23)21-11-13-1-5-17(6-2-13)22(24)25/h1-10H,11-12H2,(H,21,23)/b8-3+. The molecular formula is C19H15ClN2O4. The number of nitrogens with one attached hydrogen (secondary N) is 1. The van der Waals surface area contributed by atoms with E-state index >= 15 is 0 Å². The normalized spacial score (nSPS) is 12.9. The molecule has 1 aliphatic heterocycles. The molecule has 2 aromatic rings. The van der Waals surface area contributed by atoms with E-state index < -0.39 is 4.92 Å². The Bertz CT molecular complexity index is 904. The van der Waals surface area contributed by atoms with Gasteiger partial charge in [0.05, 0.1) is 4.92 Å². The van der Waals surface area contributed by atoms with Crippen molar-refractivity contribution in [1.82, 2.24) is 5.32 Å². The Kier molecular flexibility index (Phi) is 5.34. The molecule has 1 N–H and O–H groups in total. The Morgan fingerprint density at radius 2 is 2.04 bits per heavy atom. The highest BCUT2D eigenvalue weighted by atomic mass is 35.5. The quantitative estimate of drug-likeness (QED) is 0.491.